The van der Waals surface area contributed by atoms with E-state index in [0.717, 1.165) is 12.8 Å². The zero-order chi connectivity index (χ0) is 17.6. The molecule has 0 heterocycles. The second-order valence-electron chi connectivity index (χ2n) is 7.14. The van der Waals surface area contributed by atoms with Crippen molar-refractivity contribution in [2.75, 3.05) is 13.2 Å². The van der Waals surface area contributed by atoms with E-state index in [1.807, 2.05) is 32.9 Å². The van der Waals surface area contributed by atoms with Crippen LogP contribution >= 0.6 is 0 Å². The Balaban J connectivity index is 1.60. The first-order chi connectivity index (χ1) is 11.3. The molecule has 1 aliphatic rings. The minimum Gasteiger partial charge on any atom is -0.466 e. The Labute approximate surface area is 143 Å². The molecule has 0 saturated carbocycles. The van der Waals surface area contributed by atoms with Gasteiger partial charge in [0.05, 0.1) is 13.0 Å². The van der Waals surface area contributed by atoms with Gasteiger partial charge in [-0.05, 0) is 57.1 Å². The largest absolute Gasteiger partial charge is 0.466 e. The number of aryl methyl sites for hydroxylation is 1. The summed E-state index contributed by atoms with van der Waals surface area (Å²) in [6.07, 6.45) is 2.60. The van der Waals surface area contributed by atoms with Gasteiger partial charge in [0.1, 0.15) is 5.60 Å². The fourth-order valence-electron chi connectivity index (χ4n) is 2.88. The Hall–Kier alpha value is -2.04. The SMILES string of the molecule is CC(C)(C)OC(=O)NCCCOC(=O)CC1CCc2ccccc21. The van der Waals surface area contributed by atoms with E-state index in [1.165, 1.54) is 11.1 Å². The summed E-state index contributed by atoms with van der Waals surface area (Å²) in [5, 5.41) is 2.65. The molecule has 1 aromatic carbocycles. The van der Waals surface area contributed by atoms with E-state index in [2.05, 4.69) is 17.4 Å². The van der Waals surface area contributed by atoms with Crippen LogP contribution < -0.4 is 5.32 Å². The van der Waals surface area contributed by atoms with Crippen molar-refractivity contribution in [2.24, 2.45) is 0 Å². The molecule has 0 bridgehead atoms. The van der Waals surface area contributed by atoms with Gasteiger partial charge in [-0.1, -0.05) is 24.3 Å². The summed E-state index contributed by atoms with van der Waals surface area (Å²) < 4.78 is 10.4. The quantitative estimate of drug-likeness (QED) is 0.638. The van der Waals surface area contributed by atoms with Crippen molar-refractivity contribution in [3.05, 3.63) is 35.4 Å². The van der Waals surface area contributed by atoms with Gasteiger partial charge in [-0.2, -0.15) is 0 Å². The van der Waals surface area contributed by atoms with Crippen molar-refractivity contribution in [1.29, 1.82) is 0 Å². The topological polar surface area (TPSA) is 64.6 Å². The Bertz CT molecular complexity index is 577. The minimum absolute atomic E-state index is 0.172. The number of esters is 1. The van der Waals surface area contributed by atoms with Gasteiger partial charge < -0.3 is 14.8 Å². The Morgan fingerprint density at radius 2 is 2.00 bits per heavy atom. The Morgan fingerprint density at radius 1 is 1.25 bits per heavy atom. The molecule has 2 rings (SSSR count). The monoisotopic (exact) mass is 333 g/mol. The van der Waals surface area contributed by atoms with Gasteiger partial charge in [0, 0.05) is 6.54 Å². The molecule has 1 atom stereocenters. The van der Waals surface area contributed by atoms with Crippen molar-refractivity contribution in [3.8, 4) is 0 Å². The van der Waals surface area contributed by atoms with E-state index in [4.69, 9.17) is 9.47 Å². The maximum atomic E-state index is 12.0. The zero-order valence-electron chi connectivity index (χ0n) is 14.8. The van der Waals surface area contributed by atoms with E-state index in [-0.39, 0.29) is 11.9 Å². The lowest BCUT2D eigenvalue weighted by atomic mass is 9.98. The van der Waals surface area contributed by atoms with Gasteiger partial charge in [-0.15, -0.1) is 0 Å². The number of ether oxygens (including phenoxy) is 2. The molecule has 0 aromatic heterocycles. The number of carbonyl (C=O) groups is 2. The number of alkyl carbamates (subject to hydrolysis) is 1. The minimum atomic E-state index is -0.506. The number of fused-ring (bicyclic) bond motifs is 1. The van der Waals surface area contributed by atoms with E-state index < -0.39 is 11.7 Å². The standard InChI is InChI=1S/C19H27NO4/c1-19(2,3)24-18(22)20-11-6-12-23-17(21)13-15-10-9-14-7-4-5-8-16(14)15/h4-5,7-8,15H,6,9-13H2,1-3H3,(H,20,22). The van der Waals surface area contributed by atoms with Crippen LogP contribution in [0.25, 0.3) is 0 Å². The number of rotatable bonds is 6. The van der Waals surface area contributed by atoms with Crippen molar-refractivity contribution in [3.63, 3.8) is 0 Å². The van der Waals surface area contributed by atoms with Crippen LogP contribution in [0.1, 0.15) is 57.1 Å². The number of nitrogens with one attached hydrogen (secondary N) is 1. The Kier molecular flexibility index (Phi) is 6.23. The van der Waals surface area contributed by atoms with Crippen molar-refractivity contribution < 1.29 is 19.1 Å². The van der Waals surface area contributed by atoms with Gasteiger partial charge in [0.25, 0.3) is 0 Å². The highest BCUT2D eigenvalue weighted by Gasteiger charge is 2.24. The molecule has 0 saturated heterocycles. The Morgan fingerprint density at radius 3 is 2.75 bits per heavy atom. The zero-order valence-corrected chi connectivity index (χ0v) is 14.8. The van der Waals surface area contributed by atoms with E-state index >= 15 is 0 Å². The van der Waals surface area contributed by atoms with E-state index in [9.17, 15) is 9.59 Å². The summed E-state index contributed by atoms with van der Waals surface area (Å²) in [7, 11) is 0. The first-order valence-electron chi connectivity index (χ1n) is 8.55. The molecule has 1 N–H and O–H groups in total. The second-order valence-corrected chi connectivity index (χ2v) is 7.14. The molecular weight excluding hydrogens is 306 g/mol. The molecule has 0 fully saturated rings. The van der Waals surface area contributed by atoms with E-state index in [0.29, 0.717) is 26.0 Å². The van der Waals surface area contributed by atoms with Crippen LogP contribution in [-0.2, 0) is 20.7 Å². The molecule has 1 aromatic rings. The summed E-state index contributed by atoms with van der Waals surface area (Å²) >= 11 is 0. The molecule has 1 aliphatic carbocycles. The van der Waals surface area contributed by atoms with Crippen LogP contribution in [-0.4, -0.2) is 30.8 Å². The van der Waals surface area contributed by atoms with E-state index in [1.54, 1.807) is 0 Å². The summed E-state index contributed by atoms with van der Waals surface area (Å²) in [5.74, 6) is 0.0996. The second kappa shape index (κ2) is 8.18. The molecule has 1 unspecified atom stereocenters. The van der Waals surface area contributed by atoms with Crippen LogP contribution in [0.3, 0.4) is 0 Å². The first kappa shape index (κ1) is 18.3. The average molecular weight is 333 g/mol. The van der Waals surface area contributed by atoms with Crippen LogP contribution in [0.2, 0.25) is 0 Å². The normalized spacial score (nSPS) is 16.4. The fourth-order valence-corrected chi connectivity index (χ4v) is 2.88. The average Bonchev–Trinajstić information content (AvgIpc) is 2.88. The maximum absolute atomic E-state index is 12.0. The number of hydrogen-bond donors (Lipinski definition) is 1. The number of carbonyl (C=O) groups excluding carboxylic acids is 2. The van der Waals surface area contributed by atoms with Crippen molar-refractivity contribution in [1.82, 2.24) is 5.32 Å². The number of benzene rings is 1. The number of amides is 1. The van der Waals surface area contributed by atoms with Crippen molar-refractivity contribution >= 4 is 12.1 Å². The van der Waals surface area contributed by atoms with Gasteiger partial charge in [0.2, 0.25) is 0 Å². The van der Waals surface area contributed by atoms with Crippen LogP contribution in [0, 0.1) is 0 Å². The smallest absolute Gasteiger partial charge is 0.407 e. The summed E-state index contributed by atoms with van der Waals surface area (Å²) in [6.45, 7) is 6.18. The summed E-state index contributed by atoms with van der Waals surface area (Å²) in [5.41, 5.74) is 2.12. The molecular formula is C19H27NO4. The van der Waals surface area contributed by atoms with Crippen LogP contribution in [0.5, 0.6) is 0 Å². The lowest BCUT2D eigenvalue weighted by Crippen LogP contribution is -2.33. The predicted octanol–water partition coefficient (Wildman–Crippen LogP) is 3.56. The van der Waals surface area contributed by atoms with Gasteiger partial charge in [-0.3, -0.25) is 4.79 Å². The van der Waals surface area contributed by atoms with Gasteiger partial charge in [0.15, 0.2) is 0 Å². The van der Waals surface area contributed by atoms with Crippen molar-refractivity contribution in [2.45, 2.75) is 58.0 Å². The highest BCUT2D eigenvalue weighted by atomic mass is 16.6. The van der Waals surface area contributed by atoms with Gasteiger partial charge in [-0.25, -0.2) is 4.79 Å². The van der Waals surface area contributed by atoms with Crippen LogP contribution in [0.15, 0.2) is 24.3 Å². The highest BCUT2D eigenvalue weighted by molar-refractivity contribution is 5.71. The molecule has 0 spiro atoms. The molecule has 0 aliphatic heterocycles. The lowest BCUT2D eigenvalue weighted by Gasteiger charge is -2.19. The third kappa shape index (κ3) is 5.87. The molecule has 5 heteroatoms. The number of hydrogen-bond acceptors (Lipinski definition) is 4. The fraction of sp³-hybridized carbons (Fsp3) is 0.579. The third-order valence-electron chi connectivity index (χ3n) is 3.92. The van der Waals surface area contributed by atoms with Crippen LogP contribution in [0.4, 0.5) is 4.79 Å². The molecule has 0 radical (unpaired) electrons. The molecule has 132 valence electrons. The summed E-state index contributed by atoms with van der Waals surface area (Å²) in [4.78, 5) is 23.4. The molecule has 5 nitrogen and oxygen atoms in total. The molecule has 1 amide bonds. The molecule has 24 heavy (non-hydrogen) atoms. The third-order valence-corrected chi connectivity index (χ3v) is 3.92. The van der Waals surface area contributed by atoms with Gasteiger partial charge >= 0.3 is 12.1 Å². The maximum Gasteiger partial charge on any atom is 0.407 e. The predicted molar refractivity (Wildman–Crippen MR) is 91.9 cm³/mol. The highest BCUT2D eigenvalue weighted by Crippen LogP contribution is 2.35. The first-order valence-corrected chi connectivity index (χ1v) is 8.55. The lowest BCUT2D eigenvalue weighted by molar-refractivity contribution is -0.144. The summed E-state index contributed by atoms with van der Waals surface area (Å²) in [6, 6.07) is 8.29.